The zero-order valence-electron chi connectivity index (χ0n) is 17.5. The quantitative estimate of drug-likeness (QED) is 0.382. The first-order valence-electron chi connectivity index (χ1n) is 12.2. The Hall–Kier alpha value is 0.155. The Labute approximate surface area is 168 Å². The second-order valence-electron chi connectivity index (χ2n) is 9.51. The molecule has 0 N–H and O–H groups in total. The van der Waals surface area contributed by atoms with Crippen molar-refractivity contribution in [1.82, 2.24) is 0 Å². The van der Waals surface area contributed by atoms with Crippen molar-refractivity contribution in [2.75, 3.05) is 0 Å². The van der Waals surface area contributed by atoms with E-state index in [2.05, 4.69) is 24.1 Å². The lowest BCUT2D eigenvalue weighted by atomic mass is 9.27. The number of allylic oxidation sites excluding steroid dienone is 1. The van der Waals surface area contributed by atoms with Crippen molar-refractivity contribution in [2.24, 2.45) is 0 Å². The van der Waals surface area contributed by atoms with Crippen LogP contribution in [0, 0.1) is 0 Å². The van der Waals surface area contributed by atoms with Crippen molar-refractivity contribution in [2.45, 2.75) is 139 Å². The molecule has 0 aromatic heterocycles. The molecule has 0 nitrogen and oxygen atoms in total. The molecule has 0 aromatic rings. The van der Waals surface area contributed by atoms with Crippen molar-refractivity contribution >= 4 is 18.5 Å². The molecule has 0 bridgehead atoms. The molecule has 0 atom stereocenters. The molecule has 148 valence electrons. The van der Waals surface area contributed by atoms with Gasteiger partial charge in [0.1, 0.15) is 0 Å². The third-order valence-electron chi connectivity index (χ3n) is 7.53. The van der Waals surface area contributed by atoms with E-state index in [0.29, 0.717) is 0 Å². The van der Waals surface area contributed by atoms with Crippen LogP contribution in [0.25, 0.3) is 0 Å². The van der Waals surface area contributed by atoms with Gasteiger partial charge in [-0.15, -0.1) is 11.8 Å². The molecule has 3 rings (SSSR count). The van der Waals surface area contributed by atoms with Gasteiger partial charge in [0.15, 0.2) is 6.71 Å². The molecule has 2 heteroatoms. The van der Waals surface area contributed by atoms with E-state index in [1.807, 2.05) is 5.47 Å². The van der Waals surface area contributed by atoms with Gasteiger partial charge in [0.05, 0.1) is 0 Å². The Kier molecular flexibility index (Phi) is 9.54. The highest BCUT2D eigenvalue weighted by Gasteiger charge is 2.36. The van der Waals surface area contributed by atoms with Gasteiger partial charge in [-0.1, -0.05) is 120 Å². The maximum Gasteiger partial charge on any atom is 0.177 e. The maximum atomic E-state index is 2.74. The summed E-state index contributed by atoms with van der Waals surface area (Å²) in [6, 6.07) is 0. The zero-order chi connectivity index (χ0) is 18.0. The first-order chi connectivity index (χ1) is 12.9. The maximum absolute atomic E-state index is 2.74. The fourth-order valence-electron chi connectivity index (χ4n) is 6.05. The number of hydrogen-bond donors (Lipinski definition) is 0. The lowest BCUT2D eigenvalue weighted by molar-refractivity contribution is 0.462. The van der Waals surface area contributed by atoms with E-state index in [-0.39, 0.29) is 0 Å². The fourth-order valence-corrected chi connectivity index (χ4v) is 7.29. The Morgan fingerprint density at radius 1 is 0.769 bits per heavy atom. The smallest absolute Gasteiger partial charge is 0.132 e. The molecule has 0 radical (unpaired) electrons. The Bertz CT molecular complexity index is 382. The third-order valence-corrected chi connectivity index (χ3v) is 8.82. The van der Waals surface area contributed by atoms with Crippen molar-refractivity contribution in [3.63, 3.8) is 0 Å². The minimum atomic E-state index is 0.929. The lowest BCUT2D eigenvalue weighted by Crippen LogP contribution is -2.32. The van der Waals surface area contributed by atoms with Crippen molar-refractivity contribution in [3.05, 3.63) is 10.9 Å². The van der Waals surface area contributed by atoms with Gasteiger partial charge < -0.3 is 0 Å². The van der Waals surface area contributed by atoms with Crippen molar-refractivity contribution < 1.29 is 0 Å². The van der Waals surface area contributed by atoms with E-state index >= 15 is 0 Å². The van der Waals surface area contributed by atoms with Crippen LogP contribution in [0.1, 0.15) is 122 Å². The number of thioether (sulfide) groups is 1. The highest BCUT2D eigenvalue weighted by molar-refractivity contribution is 8.02. The Morgan fingerprint density at radius 3 is 1.77 bits per heavy atom. The average molecular weight is 374 g/mol. The average Bonchev–Trinajstić information content (AvgIpc) is 2.72. The molecule has 0 heterocycles. The second kappa shape index (κ2) is 11.9. The molecule has 3 aliphatic rings. The van der Waals surface area contributed by atoms with E-state index in [1.54, 1.807) is 0 Å². The Morgan fingerprint density at radius 2 is 1.27 bits per heavy atom. The summed E-state index contributed by atoms with van der Waals surface area (Å²) in [6.07, 6.45) is 26.7. The predicted octanol–water partition coefficient (Wildman–Crippen LogP) is 8.83. The first-order valence-corrected chi connectivity index (χ1v) is 13.2. The summed E-state index contributed by atoms with van der Waals surface area (Å²) >= 11 is 2.25. The van der Waals surface area contributed by atoms with Crippen molar-refractivity contribution in [1.29, 1.82) is 0 Å². The Balaban J connectivity index is 1.73. The summed E-state index contributed by atoms with van der Waals surface area (Å²) < 4.78 is 0. The predicted molar refractivity (Wildman–Crippen MR) is 121 cm³/mol. The topological polar surface area (TPSA) is 0 Å². The molecule has 0 amide bonds. The summed E-state index contributed by atoms with van der Waals surface area (Å²) in [5.74, 6) is 2.03. The minimum Gasteiger partial charge on any atom is -0.132 e. The molecule has 3 saturated carbocycles. The molecule has 0 aromatic carbocycles. The zero-order valence-corrected chi connectivity index (χ0v) is 18.3. The molecule has 0 saturated heterocycles. The van der Waals surface area contributed by atoms with Gasteiger partial charge in [-0.25, -0.2) is 0 Å². The van der Waals surface area contributed by atoms with Gasteiger partial charge in [0.2, 0.25) is 0 Å². The fraction of sp³-hybridized carbons (Fsp3) is 0.917. The van der Waals surface area contributed by atoms with Crippen LogP contribution in [-0.4, -0.2) is 12.0 Å². The second-order valence-corrected chi connectivity index (χ2v) is 10.7. The molecule has 0 spiro atoms. The van der Waals surface area contributed by atoms with Gasteiger partial charge >= 0.3 is 0 Å². The van der Waals surface area contributed by atoms with Crippen LogP contribution in [0.2, 0.25) is 11.6 Å². The molecule has 3 fully saturated rings. The van der Waals surface area contributed by atoms with Gasteiger partial charge in [-0.05, 0) is 24.7 Å². The summed E-state index contributed by atoms with van der Waals surface area (Å²) in [7, 11) is 0. The number of unbranched alkanes of at least 4 members (excludes halogenated alkanes) is 1. The largest absolute Gasteiger partial charge is 0.177 e. The number of rotatable bonds is 8. The highest BCUT2D eigenvalue weighted by Crippen LogP contribution is 2.45. The molecule has 0 unspecified atom stereocenters. The van der Waals surface area contributed by atoms with E-state index in [0.717, 1.165) is 23.6 Å². The monoisotopic (exact) mass is 374 g/mol. The van der Waals surface area contributed by atoms with Gasteiger partial charge in [0.25, 0.3) is 0 Å². The molecular weight excluding hydrogens is 331 g/mol. The number of hydrogen-bond acceptors (Lipinski definition) is 1. The van der Waals surface area contributed by atoms with E-state index < -0.39 is 0 Å². The standard InChI is InChI=1S/C24H43BS/c1-2-3-13-23(20-26-24-18-11-6-12-19-24)25(21-14-7-4-8-15-21)22-16-9-5-10-17-22/h20-22,24H,2-19H2,1H3/b23-20+. The summed E-state index contributed by atoms with van der Waals surface area (Å²) in [5, 5.41) is 3.67. The molecular formula is C24H43BS. The van der Waals surface area contributed by atoms with Gasteiger partial charge in [-0.3, -0.25) is 0 Å². The van der Waals surface area contributed by atoms with Crippen LogP contribution in [-0.2, 0) is 0 Å². The summed E-state index contributed by atoms with van der Waals surface area (Å²) in [4.78, 5) is 0. The summed E-state index contributed by atoms with van der Waals surface area (Å²) in [5.41, 5.74) is 1.90. The van der Waals surface area contributed by atoms with Crippen LogP contribution in [0.3, 0.4) is 0 Å². The van der Waals surface area contributed by atoms with Crippen LogP contribution in [0.5, 0.6) is 0 Å². The van der Waals surface area contributed by atoms with Crippen LogP contribution in [0.15, 0.2) is 10.9 Å². The SMILES string of the molecule is CCCC/C(=C\SC1CCCCC1)B(C1CCCCC1)C1CCCCC1. The van der Waals surface area contributed by atoms with Gasteiger partial charge in [0, 0.05) is 5.25 Å². The normalized spacial score (nSPS) is 24.7. The lowest BCUT2D eigenvalue weighted by Gasteiger charge is -2.37. The van der Waals surface area contributed by atoms with Crippen LogP contribution < -0.4 is 0 Å². The molecule has 0 aliphatic heterocycles. The van der Waals surface area contributed by atoms with E-state index in [9.17, 15) is 0 Å². The van der Waals surface area contributed by atoms with Gasteiger partial charge in [-0.2, -0.15) is 0 Å². The van der Waals surface area contributed by atoms with Crippen molar-refractivity contribution in [3.8, 4) is 0 Å². The van der Waals surface area contributed by atoms with Crippen LogP contribution >= 0.6 is 11.8 Å². The van der Waals surface area contributed by atoms with Crippen LogP contribution in [0.4, 0.5) is 0 Å². The molecule has 3 aliphatic carbocycles. The summed E-state index contributed by atoms with van der Waals surface area (Å²) in [6.45, 7) is 3.32. The third kappa shape index (κ3) is 6.35. The minimum absolute atomic E-state index is 0.929. The molecule has 26 heavy (non-hydrogen) atoms. The highest BCUT2D eigenvalue weighted by atomic mass is 32.2. The first kappa shape index (κ1) is 20.9. The van der Waals surface area contributed by atoms with E-state index in [4.69, 9.17) is 0 Å². The van der Waals surface area contributed by atoms with E-state index in [1.165, 1.54) is 116 Å².